The van der Waals surface area contributed by atoms with Crippen LogP contribution in [0.25, 0.3) is 0 Å². The van der Waals surface area contributed by atoms with Crippen molar-refractivity contribution in [2.75, 3.05) is 13.7 Å². The Labute approximate surface area is 176 Å². The number of phenolic OH excluding ortho intramolecular Hbond substituents is 1. The van der Waals surface area contributed by atoms with Crippen LogP contribution in [-0.4, -0.2) is 43.0 Å². The summed E-state index contributed by atoms with van der Waals surface area (Å²) in [4.78, 5) is 20.8. The van der Waals surface area contributed by atoms with Gasteiger partial charge in [0, 0.05) is 20.0 Å². The second-order valence-corrected chi connectivity index (χ2v) is 5.64. The Balaban J connectivity index is 0. The first-order chi connectivity index (χ1) is 11.9. The van der Waals surface area contributed by atoms with E-state index in [2.05, 4.69) is 0 Å². The van der Waals surface area contributed by atoms with Crippen LogP contribution in [0, 0.1) is 5.82 Å². The fraction of sp³-hybridized carbons (Fsp3) is 0.556. The summed E-state index contributed by atoms with van der Waals surface area (Å²) in [7, 11) is 1.60. The van der Waals surface area contributed by atoms with Gasteiger partial charge in [0.1, 0.15) is 23.8 Å². The molecule has 0 amide bonds. The van der Waals surface area contributed by atoms with Crippen molar-refractivity contribution in [2.45, 2.75) is 51.2 Å². The first-order valence-corrected chi connectivity index (χ1v) is 8.27. The predicted octanol–water partition coefficient (Wildman–Crippen LogP) is 0.0882. The topological polar surface area (TPSA) is 82.1 Å². The molecule has 26 heavy (non-hydrogen) atoms. The zero-order valence-corrected chi connectivity index (χ0v) is 17.6. The van der Waals surface area contributed by atoms with E-state index in [0.717, 1.165) is 19.3 Å². The third-order valence-corrected chi connectivity index (χ3v) is 3.57. The first-order valence-electron chi connectivity index (χ1n) is 8.27. The van der Waals surface area contributed by atoms with Gasteiger partial charge >= 0.3 is 41.5 Å². The Kier molecular flexibility index (Phi) is 13.4. The van der Waals surface area contributed by atoms with Crippen molar-refractivity contribution in [3.63, 3.8) is 0 Å². The molecule has 1 aromatic carbocycles. The minimum absolute atomic E-state index is 0. The third kappa shape index (κ3) is 10.8. The van der Waals surface area contributed by atoms with Crippen LogP contribution >= 0.6 is 0 Å². The number of cyclic esters (lactones) is 2. The molecule has 1 N–H and O–H groups in total. The van der Waals surface area contributed by atoms with Crippen molar-refractivity contribution in [3.05, 3.63) is 30.1 Å². The average Bonchev–Trinajstić information content (AvgIpc) is 3.20. The number of hydrogen-bond acceptors (Lipinski definition) is 6. The van der Waals surface area contributed by atoms with E-state index < -0.39 is 0 Å². The number of benzene rings is 1. The van der Waals surface area contributed by atoms with Gasteiger partial charge < -0.3 is 20.7 Å². The Morgan fingerprint density at radius 3 is 1.92 bits per heavy atom. The molecule has 0 aliphatic carbocycles. The SMILES string of the molecule is CC[C@@H]1CCC(=O)O1.COCC1CCC(=O)O1.Oc1ccc(F)cc1.[H-].[Na+]. The average molecular weight is 380 g/mol. The van der Waals surface area contributed by atoms with Crippen LogP contribution in [0.1, 0.15) is 40.5 Å². The summed E-state index contributed by atoms with van der Waals surface area (Å²) in [6.45, 7) is 2.56. The largest absolute Gasteiger partial charge is 1.00 e. The van der Waals surface area contributed by atoms with E-state index >= 15 is 0 Å². The van der Waals surface area contributed by atoms with E-state index in [4.69, 9.17) is 19.3 Å². The Morgan fingerprint density at radius 2 is 1.62 bits per heavy atom. The quantitative estimate of drug-likeness (QED) is 0.591. The number of ether oxygens (including phenoxy) is 3. The van der Waals surface area contributed by atoms with E-state index in [1.807, 2.05) is 6.92 Å². The molecule has 2 atom stereocenters. The van der Waals surface area contributed by atoms with Crippen molar-refractivity contribution >= 4 is 11.9 Å². The van der Waals surface area contributed by atoms with Crippen LogP contribution in [0.3, 0.4) is 0 Å². The summed E-state index contributed by atoms with van der Waals surface area (Å²) in [5, 5.41) is 8.59. The summed E-state index contributed by atoms with van der Waals surface area (Å²) in [5.74, 6) is -0.372. The molecule has 0 aromatic heterocycles. The molecule has 2 fully saturated rings. The van der Waals surface area contributed by atoms with Gasteiger partial charge in [0.25, 0.3) is 0 Å². The molecular weight excluding hydrogens is 354 g/mol. The molecule has 0 bridgehead atoms. The molecule has 2 aliphatic rings. The maximum atomic E-state index is 12.0. The number of hydrogen-bond donors (Lipinski definition) is 1. The van der Waals surface area contributed by atoms with Gasteiger partial charge in [-0.05, 0) is 43.5 Å². The van der Waals surface area contributed by atoms with Gasteiger partial charge in [-0.1, -0.05) is 6.92 Å². The van der Waals surface area contributed by atoms with Crippen molar-refractivity contribution in [1.29, 1.82) is 0 Å². The summed E-state index contributed by atoms with van der Waals surface area (Å²) in [5.41, 5.74) is 0. The number of rotatable bonds is 3. The molecule has 1 aromatic rings. The van der Waals surface area contributed by atoms with E-state index in [-0.39, 0.29) is 66.7 Å². The monoisotopic (exact) mass is 380 g/mol. The molecule has 2 saturated heterocycles. The van der Waals surface area contributed by atoms with Crippen LogP contribution in [0.15, 0.2) is 24.3 Å². The maximum Gasteiger partial charge on any atom is 1.00 e. The third-order valence-electron chi connectivity index (χ3n) is 3.57. The van der Waals surface area contributed by atoms with Gasteiger partial charge in [-0.15, -0.1) is 0 Å². The van der Waals surface area contributed by atoms with Crippen LogP contribution in [-0.2, 0) is 23.8 Å². The normalized spacial score (nSPS) is 20.6. The number of carbonyl (C=O) groups is 2. The predicted molar refractivity (Wildman–Crippen MR) is 89.6 cm³/mol. The summed E-state index contributed by atoms with van der Waals surface area (Å²) in [6, 6.07) is 5.01. The molecule has 2 heterocycles. The molecule has 8 heteroatoms. The molecule has 6 nitrogen and oxygen atoms in total. The van der Waals surface area contributed by atoms with Crippen LogP contribution in [0.4, 0.5) is 4.39 Å². The van der Waals surface area contributed by atoms with Gasteiger partial charge in [0.05, 0.1) is 6.61 Å². The summed E-state index contributed by atoms with van der Waals surface area (Å²) >= 11 is 0. The van der Waals surface area contributed by atoms with E-state index in [0.29, 0.717) is 19.4 Å². The van der Waals surface area contributed by atoms with Crippen molar-refractivity contribution < 1.29 is 64.3 Å². The summed E-state index contributed by atoms with van der Waals surface area (Å²) in [6.07, 6.45) is 4.12. The van der Waals surface area contributed by atoms with E-state index in [1.165, 1.54) is 24.3 Å². The molecule has 0 spiro atoms. The number of phenols is 1. The molecular formula is C18H26FNaO6. The Hall–Kier alpha value is -1.15. The van der Waals surface area contributed by atoms with Crippen molar-refractivity contribution in [2.24, 2.45) is 0 Å². The van der Waals surface area contributed by atoms with Crippen molar-refractivity contribution in [3.8, 4) is 5.75 Å². The minimum atomic E-state index is -0.331. The molecule has 0 saturated carbocycles. The fourth-order valence-corrected chi connectivity index (χ4v) is 2.20. The Bertz CT molecular complexity index is 522. The van der Waals surface area contributed by atoms with Crippen LogP contribution in [0.5, 0.6) is 5.75 Å². The van der Waals surface area contributed by atoms with Gasteiger partial charge in [-0.25, -0.2) is 4.39 Å². The molecule has 0 radical (unpaired) electrons. The second-order valence-electron chi connectivity index (χ2n) is 5.64. The fourth-order valence-electron chi connectivity index (χ4n) is 2.20. The summed E-state index contributed by atoms with van der Waals surface area (Å²) < 4.78 is 26.5. The molecule has 3 rings (SSSR count). The van der Waals surface area contributed by atoms with Gasteiger partial charge in [0.2, 0.25) is 0 Å². The van der Waals surface area contributed by atoms with Crippen LogP contribution in [0.2, 0.25) is 0 Å². The smallest absolute Gasteiger partial charge is 1.00 e. The number of halogens is 1. The van der Waals surface area contributed by atoms with Gasteiger partial charge in [0.15, 0.2) is 0 Å². The van der Waals surface area contributed by atoms with Crippen LogP contribution < -0.4 is 29.6 Å². The number of aromatic hydroxyl groups is 1. The number of esters is 2. The minimum Gasteiger partial charge on any atom is -1.00 e. The van der Waals surface area contributed by atoms with Crippen molar-refractivity contribution in [1.82, 2.24) is 0 Å². The molecule has 1 unspecified atom stereocenters. The Morgan fingerprint density at radius 1 is 1.12 bits per heavy atom. The maximum absolute atomic E-state index is 12.0. The first kappa shape index (κ1) is 24.8. The van der Waals surface area contributed by atoms with E-state index in [9.17, 15) is 14.0 Å². The number of carbonyl (C=O) groups excluding carboxylic acids is 2. The zero-order valence-electron chi connectivity index (χ0n) is 16.6. The zero-order chi connectivity index (χ0) is 18.7. The van der Waals surface area contributed by atoms with Gasteiger partial charge in [-0.2, -0.15) is 0 Å². The van der Waals surface area contributed by atoms with Gasteiger partial charge in [-0.3, -0.25) is 9.59 Å². The molecule has 2 aliphatic heterocycles. The standard InChI is InChI=1S/C6H5FO.C6H10O3.C6H10O2.Na.H/c7-5-1-3-6(8)4-2-5;1-8-4-5-2-3-6(7)9-5;1-2-5-3-4-6(7)8-5;;/h1-4,8H;5H,2-4H2,1H3;5H,2-4H2,1H3;;/q;;;+1;-1/t;;5-;;/m..1../s1. The van der Waals surface area contributed by atoms with E-state index in [1.54, 1.807) is 7.11 Å². The number of methoxy groups -OCH3 is 1. The second kappa shape index (κ2) is 14.0. The molecule has 142 valence electrons.